The van der Waals surface area contributed by atoms with E-state index in [1.807, 2.05) is 36.4 Å². The molecule has 0 unspecified atom stereocenters. The summed E-state index contributed by atoms with van der Waals surface area (Å²) in [6.45, 7) is 0. The van der Waals surface area contributed by atoms with E-state index in [0.29, 0.717) is 5.69 Å². The van der Waals surface area contributed by atoms with Gasteiger partial charge in [0.25, 0.3) is 0 Å². The van der Waals surface area contributed by atoms with Gasteiger partial charge in [-0.2, -0.15) is 0 Å². The first-order valence-corrected chi connectivity index (χ1v) is 5.28. The minimum absolute atomic E-state index is 0.237. The van der Waals surface area contributed by atoms with Crippen molar-refractivity contribution < 1.29 is 9.90 Å². The number of carboxylic acid groups (broad SMARTS) is 1. The van der Waals surface area contributed by atoms with E-state index in [0.717, 1.165) is 16.5 Å². The molecule has 0 saturated heterocycles. The van der Waals surface area contributed by atoms with Gasteiger partial charge in [-0.15, -0.1) is 0 Å². The first-order valence-electron chi connectivity index (χ1n) is 5.28. The van der Waals surface area contributed by atoms with Gasteiger partial charge in [0.15, 0.2) is 0 Å². The molecule has 82 valence electrons. The molecule has 0 radical (unpaired) electrons. The molecule has 0 spiro atoms. The lowest BCUT2D eigenvalue weighted by atomic mass is 10.1. The van der Waals surface area contributed by atoms with Crippen molar-refractivity contribution >= 4 is 16.9 Å². The number of carbonyl (C=O) groups is 1. The van der Waals surface area contributed by atoms with Crippen LogP contribution in [0.4, 0.5) is 0 Å². The normalized spacial score (nSPS) is 10.8. The van der Waals surface area contributed by atoms with Gasteiger partial charge >= 0.3 is 5.97 Å². The minimum Gasteiger partial charge on any atom is -0.478 e. The summed E-state index contributed by atoms with van der Waals surface area (Å²) in [5, 5.41) is 10.2. The monoisotopic (exact) mass is 223 g/mol. The Morgan fingerprint density at radius 1 is 1.00 bits per heavy atom. The Morgan fingerprint density at radius 2 is 1.71 bits per heavy atom. The summed E-state index contributed by atoms with van der Waals surface area (Å²) in [5.41, 5.74) is 2.49. The molecule has 2 aliphatic rings. The molecule has 3 rings (SSSR count). The van der Waals surface area contributed by atoms with Gasteiger partial charge in [0.05, 0.1) is 16.8 Å². The SMILES string of the molecule is O=C(O)c1ccccc2c3ccccc3nc1-2. The van der Waals surface area contributed by atoms with Crippen molar-refractivity contribution in [2.24, 2.45) is 0 Å². The number of hydrogen-bond acceptors (Lipinski definition) is 2. The summed E-state index contributed by atoms with van der Waals surface area (Å²) >= 11 is 0. The largest absolute Gasteiger partial charge is 0.478 e. The average molecular weight is 223 g/mol. The van der Waals surface area contributed by atoms with Crippen molar-refractivity contribution in [2.45, 2.75) is 0 Å². The highest BCUT2D eigenvalue weighted by molar-refractivity contribution is 6.04. The molecule has 1 aliphatic carbocycles. The maximum absolute atomic E-state index is 11.2. The predicted molar refractivity (Wildman–Crippen MR) is 65.3 cm³/mol. The second-order valence-electron chi connectivity index (χ2n) is 3.83. The minimum atomic E-state index is -0.950. The molecular weight excluding hydrogens is 214 g/mol. The van der Waals surface area contributed by atoms with E-state index in [-0.39, 0.29) is 5.56 Å². The van der Waals surface area contributed by atoms with Crippen LogP contribution >= 0.6 is 0 Å². The fourth-order valence-electron chi connectivity index (χ4n) is 2.04. The number of aromatic nitrogens is 1. The number of benzene rings is 1. The summed E-state index contributed by atoms with van der Waals surface area (Å²) in [6.07, 6.45) is 0. The quantitative estimate of drug-likeness (QED) is 0.689. The Labute approximate surface area is 97.7 Å². The van der Waals surface area contributed by atoms with E-state index in [9.17, 15) is 9.90 Å². The van der Waals surface area contributed by atoms with Crippen molar-refractivity contribution in [2.75, 3.05) is 0 Å². The molecular formula is C14H9NO2. The smallest absolute Gasteiger partial charge is 0.337 e. The number of aromatic carboxylic acids is 1. The number of fused-ring (bicyclic) bond motifs is 3. The zero-order chi connectivity index (χ0) is 11.8. The third kappa shape index (κ3) is 1.44. The molecule has 0 amide bonds. The summed E-state index contributed by atoms with van der Waals surface area (Å²) in [4.78, 5) is 15.6. The first-order chi connectivity index (χ1) is 8.27. The Morgan fingerprint density at radius 3 is 2.53 bits per heavy atom. The van der Waals surface area contributed by atoms with E-state index in [4.69, 9.17) is 0 Å². The van der Waals surface area contributed by atoms with Crippen molar-refractivity contribution in [3.8, 4) is 11.3 Å². The second-order valence-corrected chi connectivity index (χ2v) is 3.83. The molecule has 3 heteroatoms. The van der Waals surface area contributed by atoms with Crippen LogP contribution in [0.15, 0.2) is 48.5 Å². The summed E-state index contributed by atoms with van der Waals surface area (Å²) in [7, 11) is 0. The molecule has 0 saturated carbocycles. The van der Waals surface area contributed by atoms with Crippen molar-refractivity contribution in [3.05, 3.63) is 54.1 Å². The van der Waals surface area contributed by atoms with Gasteiger partial charge in [0, 0.05) is 10.9 Å². The zero-order valence-corrected chi connectivity index (χ0v) is 8.92. The van der Waals surface area contributed by atoms with E-state index in [1.54, 1.807) is 12.1 Å². The second kappa shape index (κ2) is 3.56. The van der Waals surface area contributed by atoms with E-state index in [2.05, 4.69) is 4.98 Å². The first kappa shape index (κ1) is 9.78. The Bertz CT molecular complexity index is 691. The molecule has 1 aromatic rings. The molecule has 0 atom stereocenters. The van der Waals surface area contributed by atoms with Crippen molar-refractivity contribution in [3.63, 3.8) is 0 Å². The van der Waals surface area contributed by atoms with Gasteiger partial charge in [0.2, 0.25) is 0 Å². The maximum atomic E-state index is 11.2. The topological polar surface area (TPSA) is 50.2 Å². The number of para-hydroxylation sites is 1. The number of nitrogens with zero attached hydrogens (tertiary/aromatic N) is 1. The number of hydrogen-bond donors (Lipinski definition) is 1. The van der Waals surface area contributed by atoms with Gasteiger partial charge < -0.3 is 5.11 Å². The molecule has 1 aliphatic heterocycles. The standard InChI is InChI=1S/C14H9NO2/c16-14(17)11-7-2-1-6-10-9-5-3-4-8-12(9)15-13(10)11/h1-8H,(H,16,17). The molecule has 0 aromatic heterocycles. The number of carboxylic acids is 1. The molecule has 1 aromatic carbocycles. The van der Waals surface area contributed by atoms with E-state index >= 15 is 0 Å². The summed E-state index contributed by atoms with van der Waals surface area (Å²) < 4.78 is 0. The van der Waals surface area contributed by atoms with Crippen LogP contribution in [0.1, 0.15) is 10.4 Å². The van der Waals surface area contributed by atoms with Crippen LogP contribution in [-0.2, 0) is 0 Å². The fourth-order valence-corrected chi connectivity index (χ4v) is 2.04. The number of rotatable bonds is 1. The lowest BCUT2D eigenvalue weighted by Crippen LogP contribution is -1.97. The molecule has 1 heterocycles. The highest BCUT2D eigenvalue weighted by Crippen LogP contribution is 2.32. The van der Waals surface area contributed by atoms with Gasteiger partial charge in [-0.3, -0.25) is 0 Å². The Kier molecular flexibility index (Phi) is 2.05. The molecule has 0 bridgehead atoms. The Balaban J connectivity index is 2.47. The van der Waals surface area contributed by atoms with Crippen LogP contribution in [0.25, 0.3) is 22.2 Å². The van der Waals surface area contributed by atoms with Gasteiger partial charge in [-0.1, -0.05) is 36.4 Å². The lowest BCUT2D eigenvalue weighted by molar-refractivity contribution is 0.0697. The molecule has 3 nitrogen and oxygen atoms in total. The third-order valence-electron chi connectivity index (χ3n) is 2.80. The van der Waals surface area contributed by atoms with Crippen LogP contribution in [0, 0.1) is 0 Å². The van der Waals surface area contributed by atoms with E-state index in [1.165, 1.54) is 0 Å². The van der Waals surface area contributed by atoms with Crippen LogP contribution in [0.5, 0.6) is 0 Å². The zero-order valence-electron chi connectivity index (χ0n) is 8.92. The summed E-state index contributed by atoms with van der Waals surface area (Å²) in [5.74, 6) is -0.950. The highest BCUT2D eigenvalue weighted by Gasteiger charge is 2.17. The van der Waals surface area contributed by atoms with Gasteiger partial charge in [-0.25, -0.2) is 9.78 Å². The lowest BCUT2D eigenvalue weighted by Gasteiger charge is -1.95. The van der Waals surface area contributed by atoms with Crippen LogP contribution in [0.2, 0.25) is 0 Å². The van der Waals surface area contributed by atoms with E-state index < -0.39 is 5.97 Å². The average Bonchev–Trinajstić information content (AvgIpc) is 2.54. The molecule has 1 N–H and O–H groups in total. The van der Waals surface area contributed by atoms with Crippen LogP contribution in [0.3, 0.4) is 0 Å². The predicted octanol–water partition coefficient (Wildman–Crippen LogP) is 3.04. The fraction of sp³-hybridized carbons (Fsp3) is 0. The van der Waals surface area contributed by atoms with Gasteiger partial charge in [-0.05, 0) is 12.1 Å². The van der Waals surface area contributed by atoms with Crippen LogP contribution < -0.4 is 0 Å². The maximum Gasteiger partial charge on any atom is 0.337 e. The van der Waals surface area contributed by atoms with Crippen LogP contribution in [-0.4, -0.2) is 16.1 Å². The highest BCUT2D eigenvalue weighted by atomic mass is 16.4. The summed E-state index contributed by atoms with van der Waals surface area (Å²) in [6, 6.07) is 14.7. The molecule has 0 fully saturated rings. The van der Waals surface area contributed by atoms with Gasteiger partial charge in [0.1, 0.15) is 0 Å². The van der Waals surface area contributed by atoms with Crippen molar-refractivity contribution in [1.82, 2.24) is 4.98 Å². The third-order valence-corrected chi connectivity index (χ3v) is 2.80. The van der Waals surface area contributed by atoms with Crippen molar-refractivity contribution in [1.29, 1.82) is 0 Å². The molecule has 17 heavy (non-hydrogen) atoms. The Hall–Kier alpha value is -2.42.